The van der Waals surface area contributed by atoms with Crippen LogP contribution in [-0.2, 0) is 0 Å². The van der Waals surface area contributed by atoms with E-state index in [0.717, 1.165) is 50.1 Å². The Morgan fingerprint density at radius 1 is 0.345 bits per heavy atom. The number of benzene rings is 9. The second kappa shape index (κ2) is 12.9. The van der Waals surface area contributed by atoms with Crippen molar-refractivity contribution in [3.63, 3.8) is 0 Å². The van der Waals surface area contributed by atoms with E-state index in [2.05, 4.69) is 193 Å². The van der Waals surface area contributed by atoms with Gasteiger partial charge in [0.25, 0.3) is 0 Å². The van der Waals surface area contributed by atoms with Crippen LogP contribution in [0.1, 0.15) is 0 Å². The number of hydrogen-bond donors (Lipinski definition) is 0. The molecule has 258 valence electrons. The van der Waals surface area contributed by atoms with Crippen molar-refractivity contribution in [3.05, 3.63) is 200 Å². The second-order valence-electron chi connectivity index (χ2n) is 14.1. The Hall–Kier alpha value is -6.94. The van der Waals surface area contributed by atoms with Crippen molar-refractivity contribution in [1.29, 1.82) is 0 Å². The van der Waals surface area contributed by atoms with Gasteiger partial charge in [-0.2, -0.15) is 0 Å². The van der Waals surface area contributed by atoms with Crippen LogP contribution in [-0.4, -0.2) is 0 Å². The van der Waals surface area contributed by atoms with Gasteiger partial charge in [0, 0.05) is 48.0 Å². The van der Waals surface area contributed by atoms with Crippen molar-refractivity contribution in [2.24, 2.45) is 0 Å². The summed E-state index contributed by atoms with van der Waals surface area (Å²) < 4.78 is 8.87. The zero-order valence-corrected chi connectivity index (χ0v) is 30.6. The quantitative estimate of drug-likeness (QED) is 0.170. The summed E-state index contributed by atoms with van der Waals surface area (Å²) in [6.45, 7) is 0. The van der Waals surface area contributed by atoms with Crippen molar-refractivity contribution < 1.29 is 4.42 Å². The second-order valence-corrected chi connectivity index (χ2v) is 15.2. The molecule has 0 aliphatic carbocycles. The van der Waals surface area contributed by atoms with E-state index >= 15 is 0 Å². The van der Waals surface area contributed by atoms with Gasteiger partial charge >= 0.3 is 0 Å². The third-order valence-corrected chi connectivity index (χ3v) is 12.0. The molecule has 2 aromatic heterocycles. The van der Waals surface area contributed by atoms with Crippen molar-refractivity contribution in [3.8, 4) is 33.4 Å². The van der Waals surface area contributed by atoms with Gasteiger partial charge in [0.1, 0.15) is 11.2 Å². The molecule has 0 aliphatic rings. The van der Waals surface area contributed by atoms with Crippen LogP contribution >= 0.6 is 11.3 Å². The van der Waals surface area contributed by atoms with E-state index in [0.29, 0.717) is 0 Å². The lowest BCUT2D eigenvalue weighted by atomic mass is 9.98. The van der Waals surface area contributed by atoms with Gasteiger partial charge in [0.15, 0.2) is 0 Å². The summed E-state index contributed by atoms with van der Waals surface area (Å²) in [6.07, 6.45) is 0. The van der Waals surface area contributed by atoms with Crippen LogP contribution in [0.4, 0.5) is 17.1 Å². The molecule has 0 spiro atoms. The normalized spacial score (nSPS) is 11.6. The maximum atomic E-state index is 6.24. The van der Waals surface area contributed by atoms with Crippen molar-refractivity contribution >= 4 is 81.3 Å². The minimum atomic E-state index is 0.903. The third-order valence-electron chi connectivity index (χ3n) is 10.8. The largest absolute Gasteiger partial charge is 0.456 e. The van der Waals surface area contributed by atoms with Crippen LogP contribution in [0, 0.1) is 0 Å². The van der Waals surface area contributed by atoms with Gasteiger partial charge in [-0.1, -0.05) is 133 Å². The third kappa shape index (κ3) is 5.48. The maximum absolute atomic E-state index is 6.24. The van der Waals surface area contributed by atoms with Crippen molar-refractivity contribution in [1.82, 2.24) is 0 Å². The van der Waals surface area contributed by atoms with Crippen molar-refractivity contribution in [2.75, 3.05) is 4.90 Å². The maximum Gasteiger partial charge on any atom is 0.136 e. The lowest BCUT2D eigenvalue weighted by Gasteiger charge is -2.27. The van der Waals surface area contributed by atoms with Crippen LogP contribution in [0.2, 0.25) is 0 Å². The first-order chi connectivity index (χ1) is 27.2. The molecule has 11 rings (SSSR count). The molecule has 0 atom stereocenters. The Bertz CT molecular complexity index is 3220. The number of nitrogens with zero attached hydrogens (tertiary/aromatic N) is 1. The zero-order valence-electron chi connectivity index (χ0n) is 29.8. The summed E-state index contributed by atoms with van der Waals surface area (Å²) in [4.78, 5) is 2.38. The first-order valence-corrected chi connectivity index (χ1v) is 19.5. The SMILES string of the molecule is c1cc(-c2ccc3ccccc3c2)cc(N(c2ccc(-c3cccc4oc5ccccc5c34)cc2)c2cccc(-c3ccc4c(c3)sc3ccccc34)c2)c1. The summed E-state index contributed by atoms with van der Waals surface area (Å²) in [7, 11) is 0. The highest BCUT2D eigenvalue weighted by atomic mass is 32.1. The number of furan rings is 1. The van der Waals surface area contributed by atoms with Gasteiger partial charge in [0.05, 0.1) is 0 Å². The molecule has 2 nitrogen and oxygen atoms in total. The number of fused-ring (bicyclic) bond motifs is 7. The number of para-hydroxylation sites is 1. The van der Waals surface area contributed by atoms with Gasteiger partial charge in [-0.15, -0.1) is 11.3 Å². The Balaban J connectivity index is 1.04. The molecule has 0 aliphatic heterocycles. The predicted molar refractivity (Wildman–Crippen MR) is 235 cm³/mol. The molecular weight excluding hydrogens is 687 g/mol. The standard InChI is InChI=1S/C52H33NOS/c1-2-11-36-30-39(23-22-34(36)10-1)37-12-7-14-42(31-37)53(41-27-24-35(25-28-41)44-18-9-20-49-52(44)47-17-3-5-19-48(47)54-49)43-15-8-13-38(32-43)40-26-29-46-45-16-4-6-21-50(45)55-51(46)33-40/h1-33H. The van der Waals surface area contributed by atoms with E-state index < -0.39 is 0 Å². The van der Waals surface area contributed by atoms with E-state index in [1.807, 2.05) is 23.5 Å². The van der Waals surface area contributed by atoms with Gasteiger partial charge in [-0.3, -0.25) is 0 Å². The molecule has 9 aromatic carbocycles. The van der Waals surface area contributed by atoms with Crippen LogP contribution in [0.3, 0.4) is 0 Å². The zero-order chi connectivity index (χ0) is 36.3. The first-order valence-electron chi connectivity index (χ1n) is 18.7. The molecule has 0 radical (unpaired) electrons. The average molecular weight is 720 g/mol. The molecule has 0 bridgehead atoms. The molecule has 11 aromatic rings. The number of thiophene rings is 1. The number of rotatable bonds is 6. The fourth-order valence-electron chi connectivity index (χ4n) is 8.18. The van der Waals surface area contributed by atoms with Crippen LogP contribution in [0.5, 0.6) is 0 Å². The van der Waals surface area contributed by atoms with Crippen LogP contribution in [0.15, 0.2) is 205 Å². The van der Waals surface area contributed by atoms with E-state index in [-0.39, 0.29) is 0 Å². The highest BCUT2D eigenvalue weighted by Crippen LogP contribution is 2.42. The summed E-state index contributed by atoms with van der Waals surface area (Å²) >= 11 is 1.86. The summed E-state index contributed by atoms with van der Waals surface area (Å²) in [5, 5.41) is 7.40. The Kier molecular flexibility index (Phi) is 7.39. The monoisotopic (exact) mass is 719 g/mol. The molecule has 55 heavy (non-hydrogen) atoms. The molecule has 0 fully saturated rings. The molecule has 2 heterocycles. The van der Waals surface area contributed by atoms with E-state index in [1.54, 1.807) is 0 Å². The number of anilines is 3. The fraction of sp³-hybridized carbons (Fsp3) is 0. The minimum Gasteiger partial charge on any atom is -0.456 e. The van der Waals surface area contributed by atoms with Gasteiger partial charge in [-0.25, -0.2) is 0 Å². The molecule has 0 N–H and O–H groups in total. The Labute approximate surface area is 322 Å². The average Bonchev–Trinajstić information content (AvgIpc) is 3.82. The van der Waals surface area contributed by atoms with E-state index in [1.165, 1.54) is 53.2 Å². The van der Waals surface area contributed by atoms with E-state index in [4.69, 9.17) is 4.42 Å². The summed E-state index contributed by atoms with van der Waals surface area (Å²) in [5.41, 5.74) is 12.2. The highest BCUT2D eigenvalue weighted by Gasteiger charge is 2.17. The lowest BCUT2D eigenvalue weighted by Crippen LogP contribution is -2.10. The molecular formula is C52H33NOS. The van der Waals surface area contributed by atoms with Crippen molar-refractivity contribution in [2.45, 2.75) is 0 Å². The smallest absolute Gasteiger partial charge is 0.136 e. The minimum absolute atomic E-state index is 0.903. The Morgan fingerprint density at radius 3 is 1.76 bits per heavy atom. The number of hydrogen-bond acceptors (Lipinski definition) is 3. The summed E-state index contributed by atoms with van der Waals surface area (Å²) in [6, 6.07) is 72.3. The molecule has 0 saturated carbocycles. The van der Waals surface area contributed by atoms with E-state index in [9.17, 15) is 0 Å². The molecule has 0 unspecified atom stereocenters. The fourth-order valence-corrected chi connectivity index (χ4v) is 9.32. The first kappa shape index (κ1) is 31.6. The van der Waals surface area contributed by atoms with Gasteiger partial charge in [0.2, 0.25) is 0 Å². The van der Waals surface area contributed by atoms with Crippen LogP contribution < -0.4 is 4.90 Å². The topological polar surface area (TPSA) is 16.4 Å². The van der Waals surface area contributed by atoms with Crippen LogP contribution in [0.25, 0.3) is 86.3 Å². The van der Waals surface area contributed by atoms with Gasteiger partial charge < -0.3 is 9.32 Å². The molecule has 0 saturated heterocycles. The lowest BCUT2D eigenvalue weighted by molar-refractivity contribution is 0.669. The molecule has 0 amide bonds. The predicted octanol–water partition coefficient (Wildman–Crippen LogP) is 15.6. The summed E-state index contributed by atoms with van der Waals surface area (Å²) in [5.74, 6) is 0. The Morgan fingerprint density at radius 2 is 0.945 bits per heavy atom. The van der Waals surface area contributed by atoms with Gasteiger partial charge in [-0.05, 0) is 111 Å². The molecule has 3 heteroatoms. The highest BCUT2D eigenvalue weighted by molar-refractivity contribution is 7.25.